The van der Waals surface area contributed by atoms with Crippen molar-refractivity contribution in [1.82, 2.24) is 0 Å². The van der Waals surface area contributed by atoms with Gasteiger partial charge in [0.15, 0.2) is 0 Å². The van der Waals surface area contributed by atoms with Crippen LogP contribution in [0, 0.1) is 0 Å². The Labute approximate surface area is 76.0 Å². The highest BCUT2D eigenvalue weighted by Crippen LogP contribution is 2.18. The van der Waals surface area contributed by atoms with Crippen LogP contribution in [0.25, 0.3) is 0 Å². The molecule has 0 aliphatic heterocycles. The highest BCUT2D eigenvalue weighted by atomic mass is 32.2. The van der Waals surface area contributed by atoms with E-state index in [0.29, 0.717) is 0 Å². The second-order valence-electron chi connectivity index (χ2n) is 2.31. The lowest BCUT2D eigenvalue weighted by atomic mass is 10.2. The zero-order valence-corrected chi connectivity index (χ0v) is 7.27. The molecule has 0 saturated heterocycles. The number of nitrogens with zero attached hydrogens (tertiary/aromatic N) is 1. The molecule has 0 amide bonds. The third-order valence-electron chi connectivity index (χ3n) is 1.36. The van der Waals surface area contributed by atoms with E-state index in [1.165, 1.54) is 12.1 Å². The summed E-state index contributed by atoms with van der Waals surface area (Å²) < 4.78 is 22.9. The van der Waals surface area contributed by atoms with Gasteiger partial charge in [-0.3, -0.25) is 0 Å². The molecule has 0 aliphatic rings. The second kappa shape index (κ2) is 3.65. The first-order valence-electron chi connectivity index (χ1n) is 3.35. The molecule has 0 fully saturated rings. The van der Waals surface area contributed by atoms with Crippen LogP contribution >= 0.6 is 0 Å². The van der Waals surface area contributed by atoms with Crippen LogP contribution < -0.4 is 0 Å². The van der Waals surface area contributed by atoms with Crippen molar-refractivity contribution in [2.75, 3.05) is 0 Å². The number of aliphatic hydroxyl groups is 2. The summed E-state index contributed by atoms with van der Waals surface area (Å²) in [6.07, 6.45) is 0. The largest absolute Gasteiger partial charge is 0.343 e. The molecule has 6 heteroatoms. The second-order valence-corrected chi connectivity index (χ2v) is 2.93. The highest BCUT2D eigenvalue weighted by molar-refractivity contribution is 7.61. The molecule has 70 valence electrons. The molecule has 0 unspecified atom stereocenters. The number of rotatable bonds is 2. The number of hydrogen-bond donors (Lipinski definition) is 2. The average molecular weight is 201 g/mol. The van der Waals surface area contributed by atoms with E-state index in [1.54, 1.807) is 18.2 Å². The molecule has 0 bridgehead atoms. The lowest BCUT2D eigenvalue weighted by Crippen LogP contribution is -2.21. The molecular weight excluding hydrogens is 194 g/mol. The van der Waals surface area contributed by atoms with E-state index in [-0.39, 0.29) is 5.56 Å². The number of hydrogen-bond acceptors (Lipinski definition) is 5. The van der Waals surface area contributed by atoms with E-state index in [0.717, 1.165) is 0 Å². The molecule has 1 rings (SSSR count). The summed E-state index contributed by atoms with van der Waals surface area (Å²) in [5.41, 5.74) is -0.000741. The first kappa shape index (κ1) is 9.85. The monoisotopic (exact) mass is 201 g/mol. The Morgan fingerprint density at radius 1 is 1.15 bits per heavy atom. The van der Waals surface area contributed by atoms with Gasteiger partial charge in [-0.1, -0.05) is 30.3 Å². The summed E-state index contributed by atoms with van der Waals surface area (Å²) in [5, 5.41) is 18.3. The molecule has 13 heavy (non-hydrogen) atoms. The van der Waals surface area contributed by atoms with Gasteiger partial charge in [0.2, 0.25) is 0 Å². The van der Waals surface area contributed by atoms with Crippen LogP contribution in [0.2, 0.25) is 0 Å². The van der Waals surface area contributed by atoms with Crippen molar-refractivity contribution >= 4 is 10.5 Å². The predicted molar refractivity (Wildman–Crippen MR) is 43.9 cm³/mol. The summed E-state index contributed by atoms with van der Waals surface area (Å²) in [7, 11) is -2.86. The minimum Gasteiger partial charge on any atom is -0.343 e. The van der Waals surface area contributed by atoms with Crippen molar-refractivity contribution < 1.29 is 18.6 Å². The van der Waals surface area contributed by atoms with Gasteiger partial charge in [0.1, 0.15) is 0 Å². The molecule has 1 aromatic rings. The van der Waals surface area contributed by atoms with Crippen molar-refractivity contribution in [3.05, 3.63) is 35.9 Å². The molecule has 0 saturated carbocycles. The van der Waals surface area contributed by atoms with Gasteiger partial charge in [0.05, 0.1) is 0 Å². The van der Waals surface area contributed by atoms with Crippen LogP contribution in [-0.2, 0) is 16.4 Å². The minimum absolute atomic E-state index is 0.000741. The molecule has 0 aliphatic carbocycles. The van der Waals surface area contributed by atoms with E-state index in [1.807, 2.05) is 0 Å². The highest BCUT2D eigenvalue weighted by Gasteiger charge is 2.25. The zero-order chi connectivity index (χ0) is 9.90. The Morgan fingerprint density at radius 2 is 1.69 bits per heavy atom. The Morgan fingerprint density at radius 3 is 2.15 bits per heavy atom. The maximum atomic E-state index is 10.1. The van der Waals surface area contributed by atoms with E-state index in [2.05, 4.69) is 4.36 Å². The molecule has 0 atom stereocenters. The topological polar surface area (TPSA) is 87.0 Å². The maximum Gasteiger partial charge on any atom is 0.316 e. The molecular formula is C7H7NO4S. The third kappa shape index (κ3) is 2.62. The van der Waals surface area contributed by atoms with Gasteiger partial charge in [-0.2, -0.15) is 8.42 Å². The Balaban J connectivity index is 3.15. The first-order chi connectivity index (χ1) is 6.02. The van der Waals surface area contributed by atoms with Gasteiger partial charge in [-0.25, -0.2) is 0 Å². The van der Waals surface area contributed by atoms with Crippen LogP contribution in [0.15, 0.2) is 34.7 Å². The third-order valence-corrected chi connectivity index (χ3v) is 1.77. The van der Waals surface area contributed by atoms with Gasteiger partial charge in [0.25, 0.3) is 0 Å². The van der Waals surface area contributed by atoms with Gasteiger partial charge in [-0.05, 0) is 0 Å². The standard InChI is InChI=1S/C7H7NO4S/c9-7(10,8-13(11)12)6-4-2-1-3-5-6/h1-5,9-10H. The molecule has 0 radical (unpaired) electrons. The molecule has 1 aromatic carbocycles. The number of benzene rings is 1. The Hall–Kier alpha value is -1.24. The quantitative estimate of drug-likeness (QED) is 0.651. The van der Waals surface area contributed by atoms with Crippen molar-refractivity contribution in [1.29, 1.82) is 0 Å². The van der Waals surface area contributed by atoms with Crippen LogP contribution in [0.3, 0.4) is 0 Å². The van der Waals surface area contributed by atoms with Crippen molar-refractivity contribution in [2.45, 2.75) is 5.91 Å². The SMILES string of the molecule is O=S(=O)=NC(O)(O)c1ccccc1. The normalized spacial score (nSPS) is 10.9. The molecule has 5 nitrogen and oxygen atoms in total. The van der Waals surface area contributed by atoms with Gasteiger partial charge >= 0.3 is 16.4 Å². The van der Waals surface area contributed by atoms with Crippen LogP contribution in [0.5, 0.6) is 0 Å². The van der Waals surface area contributed by atoms with Crippen molar-refractivity contribution in [3.63, 3.8) is 0 Å². The smallest absolute Gasteiger partial charge is 0.316 e. The Bertz CT molecular complexity index is 401. The predicted octanol–water partition coefficient (Wildman–Crippen LogP) is -0.156. The van der Waals surface area contributed by atoms with Crippen LogP contribution in [0.4, 0.5) is 0 Å². The summed E-state index contributed by atoms with van der Waals surface area (Å²) in [4.78, 5) is 0. The average Bonchev–Trinajstić information content (AvgIpc) is 2.04. The van der Waals surface area contributed by atoms with Crippen LogP contribution in [0.1, 0.15) is 5.56 Å². The molecule has 0 aromatic heterocycles. The van der Waals surface area contributed by atoms with Gasteiger partial charge < -0.3 is 10.2 Å². The minimum atomic E-state index is -2.86. The van der Waals surface area contributed by atoms with E-state index < -0.39 is 16.4 Å². The van der Waals surface area contributed by atoms with Crippen molar-refractivity contribution in [3.8, 4) is 0 Å². The molecule has 2 N–H and O–H groups in total. The van der Waals surface area contributed by atoms with Crippen LogP contribution in [-0.4, -0.2) is 18.6 Å². The lowest BCUT2D eigenvalue weighted by molar-refractivity contribution is -0.159. The molecule has 0 spiro atoms. The summed E-state index contributed by atoms with van der Waals surface area (Å²) >= 11 is 0. The summed E-state index contributed by atoms with van der Waals surface area (Å²) in [6, 6.07) is 7.46. The summed E-state index contributed by atoms with van der Waals surface area (Å²) in [5.74, 6) is -2.67. The Kier molecular flexibility index (Phi) is 2.76. The van der Waals surface area contributed by atoms with Gasteiger partial charge in [0, 0.05) is 5.56 Å². The fourth-order valence-corrected chi connectivity index (χ4v) is 1.13. The van der Waals surface area contributed by atoms with Crippen molar-refractivity contribution in [2.24, 2.45) is 4.36 Å². The summed E-state index contributed by atoms with van der Waals surface area (Å²) in [6.45, 7) is 0. The fraction of sp³-hybridized carbons (Fsp3) is 0.143. The lowest BCUT2D eigenvalue weighted by Gasteiger charge is -2.13. The molecule has 0 heterocycles. The maximum absolute atomic E-state index is 10.1. The van der Waals surface area contributed by atoms with E-state index in [4.69, 9.17) is 10.2 Å². The zero-order valence-electron chi connectivity index (χ0n) is 6.45. The van der Waals surface area contributed by atoms with E-state index in [9.17, 15) is 8.42 Å². The fourth-order valence-electron chi connectivity index (χ4n) is 0.818. The van der Waals surface area contributed by atoms with Gasteiger partial charge in [-0.15, -0.1) is 4.36 Å². The van der Waals surface area contributed by atoms with E-state index >= 15 is 0 Å². The first-order valence-corrected chi connectivity index (χ1v) is 4.38.